The quantitative estimate of drug-likeness (QED) is 0.227. The molecule has 250 valence electrons. The summed E-state index contributed by atoms with van der Waals surface area (Å²) in [6.07, 6.45) is 12.1. The largest absolute Gasteiger partial charge is 0.461 e. The number of nitrogens with zero attached hydrogens (tertiary/aromatic N) is 5. The SMILES string of the molecule is C#Cc1c(F)ccc2cccc(-c3nc4c5c(nc(OC[C@@]67CCCN6[C@H](CF)CC7)nc5c3F)N3CCN[C@@H](CC)[C@H]3CC[C@H]4C)c12. The van der Waals surface area contributed by atoms with Crippen LogP contribution in [0.5, 0.6) is 6.01 Å². The lowest BCUT2D eigenvalue weighted by atomic mass is 9.87. The maximum absolute atomic E-state index is 17.3. The summed E-state index contributed by atoms with van der Waals surface area (Å²) in [5.41, 5.74) is 1.15. The van der Waals surface area contributed by atoms with E-state index < -0.39 is 11.6 Å². The Bertz CT molecular complexity index is 1950. The number of fused-ring (bicyclic) bond motifs is 4. The molecule has 1 N–H and O–H groups in total. The number of benzene rings is 2. The van der Waals surface area contributed by atoms with Gasteiger partial charge in [-0.1, -0.05) is 44.0 Å². The van der Waals surface area contributed by atoms with Crippen LogP contribution in [-0.2, 0) is 0 Å². The fourth-order valence-corrected chi connectivity index (χ4v) is 9.12. The summed E-state index contributed by atoms with van der Waals surface area (Å²) < 4.78 is 52.7. The summed E-state index contributed by atoms with van der Waals surface area (Å²) in [6, 6.07) is 8.81. The normalized spacial score (nSPS) is 27.0. The third-order valence-corrected chi connectivity index (χ3v) is 11.5. The van der Waals surface area contributed by atoms with Gasteiger partial charge in [0.1, 0.15) is 36.1 Å². The molecular weight excluding hydrogens is 613 g/mol. The second-order valence-corrected chi connectivity index (χ2v) is 14.0. The number of terminal acetylenes is 1. The van der Waals surface area contributed by atoms with Crippen LogP contribution in [0.25, 0.3) is 32.9 Å². The lowest BCUT2D eigenvalue weighted by molar-refractivity contribution is 0.0772. The molecule has 0 unspecified atom stereocenters. The van der Waals surface area contributed by atoms with Crippen molar-refractivity contribution in [2.24, 2.45) is 0 Å². The zero-order valence-electron chi connectivity index (χ0n) is 27.5. The van der Waals surface area contributed by atoms with Crippen molar-refractivity contribution in [3.63, 3.8) is 0 Å². The van der Waals surface area contributed by atoms with Crippen LogP contribution in [0.3, 0.4) is 0 Å². The summed E-state index contributed by atoms with van der Waals surface area (Å²) in [5.74, 6) is 1.94. The molecule has 5 atom stereocenters. The Labute approximate surface area is 279 Å². The Balaban J connectivity index is 1.34. The molecule has 4 aliphatic heterocycles. The van der Waals surface area contributed by atoms with Crippen molar-refractivity contribution in [3.8, 4) is 29.6 Å². The molecule has 4 aliphatic rings. The number of aromatic nitrogens is 3. The van der Waals surface area contributed by atoms with Gasteiger partial charge in [-0.2, -0.15) is 9.97 Å². The van der Waals surface area contributed by atoms with Gasteiger partial charge in [-0.3, -0.25) is 4.90 Å². The van der Waals surface area contributed by atoms with Crippen molar-refractivity contribution in [2.75, 3.05) is 37.8 Å². The van der Waals surface area contributed by atoms with Crippen molar-refractivity contribution >= 4 is 27.5 Å². The van der Waals surface area contributed by atoms with E-state index in [-0.39, 0.29) is 59.0 Å². The molecule has 48 heavy (non-hydrogen) atoms. The van der Waals surface area contributed by atoms with Gasteiger partial charge in [0.05, 0.1) is 22.2 Å². The van der Waals surface area contributed by atoms with E-state index >= 15 is 8.78 Å². The average molecular weight is 655 g/mol. The lowest BCUT2D eigenvalue weighted by Crippen LogP contribution is -2.58. The topological polar surface area (TPSA) is 66.4 Å². The minimum atomic E-state index is -0.618. The third kappa shape index (κ3) is 4.84. The number of hydrogen-bond acceptors (Lipinski definition) is 7. The zero-order valence-corrected chi connectivity index (χ0v) is 27.5. The summed E-state index contributed by atoms with van der Waals surface area (Å²) in [7, 11) is 0. The van der Waals surface area contributed by atoms with E-state index in [2.05, 4.69) is 34.9 Å². The predicted octanol–water partition coefficient (Wildman–Crippen LogP) is 6.90. The molecule has 7 nitrogen and oxygen atoms in total. The van der Waals surface area contributed by atoms with E-state index in [1.54, 1.807) is 12.1 Å². The smallest absolute Gasteiger partial charge is 0.319 e. The number of hydrogen-bond donors (Lipinski definition) is 1. The van der Waals surface area contributed by atoms with E-state index in [1.807, 2.05) is 12.1 Å². The number of anilines is 1. The van der Waals surface area contributed by atoms with E-state index in [1.165, 1.54) is 6.07 Å². The first-order chi connectivity index (χ1) is 23.4. The van der Waals surface area contributed by atoms with Crippen LogP contribution < -0.4 is 15.0 Å². The third-order valence-electron chi connectivity index (χ3n) is 11.5. The summed E-state index contributed by atoms with van der Waals surface area (Å²) in [5, 5.41) is 5.42. The van der Waals surface area contributed by atoms with Crippen molar-refractivity contribution in [1.82, 2.24) is 25.2 Å². The maximum atomic E-state index is 17.3. The van der Waals surface area contributed by atoms with Crippen LogP contribution in [-0.4, -0.2) is 76.4 Å². The highest BCUT2D eigenvalue weighted by Gasteiger charge is 2.50. The van der Waals surface area contributed by atoms with Gasteiger partial charge in [0.2, 0.25) is 0 Å². The van der Waals surface area contributed by atoms with Crippen LogP contribution in [0.15, 0.2) is 30.3 Å². The monoisotopic (exact) mass is 654 g/mol. The van der Waals surface area contributed by atoms with Gasteiger partial charge in [-0.15, -0.1) is 6.42 Å². The minimum Gasteiger partial charge on any atom is -0.461 e. The first-order valence-corrected chi connectivity index (χ1v) is 17.4. The number of rotatable bonds is 6. The van der Waals surface area contributed by atoms with E-state index in [0.29, 0.717) is 46.4 Å². The van der Waals surface area contributed by atoms with E-state index in [9.17, 15) is 4.39 Å². The standard InChI is InChI=1S/C38H41F3N6O/c1-4-25-27(40)12-11-23-8-6-9-26(30(23)25)34-32(41)35-31-33(43-34)22(3)10-13-29-28(5-2)42-17-19-46(29)36(31)45-37(44-35)48-21-38-15-7-18-47(38)24(20-39)14-16-38/h1,6,8-9,11-12,22,24,28-29,42H,5,7,10,13-21H2,2-3H3/t22-,24+,28+,29-,38+/m1/s1. The molecule has 0 spiro atoms. The Morgan fingerprint density at radius 3 is 2.75 bits per heavy atom. The van der Waals surface area contributed by atoms with Gasteiger partial charge >= 0.3 is 6.01 Å². The molecule has 4 aromatic rings. The molecule has 2 aromatic heterocycles. The summed E-state index contributed by atoms with van der Waals surface area (Å²) in [6.45, 7) is 6.57. The molecule has 0 amide bonds. The molecule has 8 rings (SSSR count). The van der Waals surface area contributed by atoms with Crippen LogP contribution in [0.2, 0.25) is 0 Å². The molecule has 3 fully saturated rings. The predicted molar refractivity (Wildman–Crippen MR) is 182 cm³/mol. The molecule has 0 radical (unpaired) electrons. The van der Waals surface area contributed by atoms with Crippen LogP contribution in [0, 0.1) is 24.0 Å². The van der Waals surface area contributed by atoms with Crippen LogP contribution in [0.1, 0.15) is 76.0 Å². The number of piperazine rings is 1. The van der Waals surface area contributed by atoms with Gasteiger partial charge in [-0.05, 0) is 68.9 Å². The molecule has 0 aliphatic carbocycles. The second-order valence-electron chi connectivity index (χ2n) is 14.0. The highest BCUT2D eigenvalue weighted by atomic mass is 19.1. The van der Waals surface area contributed by atoms with Crippen molar-refractivity contribution < 1.29 is 17.9 Å². The first kappa shape index (κ1) is 31.3. The van der Waals surface area contributed by atoms with E-state index in [4.69, 9.17) is 26.1 Å². The molecule has 6 heterocycles. The molecule has 10 heteroatoms. The number of pyridine rings is 1. The first-order valence-electron chi connectivity index (χ1n) is 17.4. The number of alkyl halides is 1. The highest BCUT2D eigenvalue weighted by Crippen LogP contribution is 2.45. The molecular formula is C38H41F3N6O. The fourth-order valence-electron chi connectivity index (χ4n) is 9.12. The molecule has 3 saturated heterocycles. The fraction of sp³-hybridized carbons (Fsp3) is 0.500. The highest BCUT2D eigenvalue weighted by molar-refractivity contribution is 6.03. The Hall–Kier alpha value is -3.94. The van der Waals surface area contributed by atoms with Gasteiger partial charge in [-0.25, -0.2) is 18.2 Å². The lowest BCUT2D eigenvalue weighted by Gasteiger charge is -2.44. The Kier molecular flexibility index (Phi) is 7.96. The Morgan fingerprint density at radius 2 is 1.94 bits per heavy atom. The van der Waals surface area contributed by atoms with Gasteiger partial charge in [0.15, 0.2) is 5.82 Å². The second kappa shape index (κ2) is 12.2. The zero-order chi connectivity index (χ0) is 33.2. The molecule has 0 bridgehead atoms. The van der Waals surface area contributed by atoms with Crippen molar-refractivity contribution in [2.45, 2.75) is 88.4 Å². The number of nitrogens with one attached hydrogen (secondary N) is 1. The van der Waals surface area contributed by atoms with Crippen LogP contribution in [0.4, 0.5) is 19.0 Å². The number of halogens is 3. The maximum Gasteiger partial charge on any atom is 0.319 e. The van der Waals surface area contributed by atoms with Gasteiger partial charge < -0.3 is 15.0 Å². The van der Waals surface area contributed by atoms with Crippen molar-refractivity contribution in [1.29, 1.82) is 0 Å². The molecule has 2 aromatic carbocycles. The molecule has 0 saturated carbocycles. The van der Waals surface area contributed by atoms with E-state index in [0.717, 1.165) is 58.0 Å². The van der Waals surface area contributed by atoms with Crippen LogP contribution >= 0.6 is 0 Å². The minimum absolute atomic E-state index is 0.0246. The average Bonchev–Trinajstić information content (AvgIpc) is 3.68. The van der Waals surface area contributed by atoms with Crippen molar-refractivity contribution in [3.05, 3.63) is 53.2 Å². The Morgan fingerprint density at radius 1 is 1.06 bits per heavy atom. The van der Waals surface area contributed by atoms with Gasteiger partial charge in [0, 0.05) is 42.2 Å². The number of ether oxygens (including phenoxy) is 1. The summed E-state index contributed by atoms with van der Waals surface area (Å²) in [4.78, 5) is 19.5. The summed E-state index contributed by atoms with van der Waals surface area (Å²) >= 11 is 0. The van der Waals surface area contributed by atoms with Gasteiger partial charge in [0.25, 0.3) is 0 Å².